The van der Waals surface area contributed by atoms with E-state index in [-0.39, 0.29) is 5.69 Å². The smallest absolute Gasteiger partial charge is 0.269 e. The minimum absolute atomic E-state index is 0.148. The molecule has 0 spiro atoms. The fraction of sp³-hybridized carbons (Fsp3) is 0.538. The molecule has 1 heterocycles. The van der Waals surface area contributed by atoms with Gasteiger partial charge in [-0.1, -0.05) is 12.1 Å². The third kappa shape index (κ3) is 3.40. The van der Waals surface area contributed by atoms with Gasteiger partial charge in [-0.15, -0.1) is 0 Å². The number of nitrogens with zero attached hydrogens (tertiary/aromatic N) is 1. The lowest BCUT2D eigenvalue weighted by Crippen LogP contribution is -2.45. The van der Waals surface area contributed by atoms with E-state index < -0.39 is 48.8 Å². The second-order valence-electron chi connectivity index (χ2n) is 4.88. The van der Waals surface area contributed by atoms with Gasteiger partial charge >= 0.3 is 0 Å². The van der Waals surface area contributed by atoms with Crippen LogP contribution in [0.4, 0.5) is 5.69 Å². The zero-order valence-corrected chi connectivity index (χ0v) is 11.5. The third-order valence-electron chi connectivity index (χ3n) is 3.40. The van der Waals surface area contributed by atoms with Gasteiger partial charge in [0.15, 0.2) is 6.29 Å². The average molecular weight is 315 g/mol. The molecule has 2 rings (SSSR count). The second kappa shape index (κ2) is 7.09. The van der Waals surface area contributed by atoms with Crippen molar-refractivity contribution in [3.05, 3.63) is 39.9 Å². The number of aliphatic hydroxyl groups is 4. The molecule has 1 aliphatic rings. The Morgan fingerprint density at radius 2 is 2.00 bits per heavy atom. The highest BCUT2D eigenvalue weighted by Crippen LogP contribution is 2.34. The highest BCUT2D eigenvalue weighted by molar-refractivity contribution is 5.35. The standard InChI is InChI=1S/C13H17NO8/c15-5-9(17)11(18)12-10(6-16)21-13(22-12)7-2-1-3-8(4-7)14(19)20/h1-4,9-13,15-18H,5-6H2/t9-,10+,11-,12-,13?/m0/s1. The van der Waals surface area contributed by atoms with E-state index in [1.807, 2.05) is 0 Å². The predicted molar refractivity (Wildman–Crippen MR) is 71.8 cm³/mol. The summed E-state index contributed by atoms with van der Waals surface area (Å²) in [4.78, 5) is 10.2. The minimum Gasteiger partial charge on any atom is -0.394 e. The number of aliphatic hydroxyl groups excluding tert-OH is 4. The number of hydrogen-bond donors (Lipinski definition) is 4. The van der Waals surface area contributed by atoms with E-state index in [2.05, 4.69) is 0 Å². The maximum atomic E-state index is 10.8. The van der Waals surface area contributed by atoms with Crippen molar-refractivity contribution in [2.45, 2.75) is 30.7 Å². The molecule has 5 atom stereocenters. The number of hydrogen-bond acceptors (Lipinski definition) is 8. The van der Waals surface area contributed by atoms with E-state index in [1.165, 1.54) is 18.2 Å². The number of non-ortho nitro benzene ring substituents is 1. The van der Waals surface area contributed by atoms with Crippen LogP contribution in [0.3, 0.4) is 0 Å². The molecule has 0 bridgehead atoms. The van der Waals surface area contributed by atoms with E-state index in [0.717, 1.165) is 0 Å². The van der Waals surface area contributed by atoms with E-state index in [9.17, 15) is 25.4 Å². The quantitative estimate of drug-likeness (QED) is 0.390. The van der Waals surface area contributed by atoms with Gasteiger partial charge < -0.3 is 29.9 Å². The Morgan fingerprint density at radius 1 is 1.27 bits per heavy atom. The molecule has 9 nitrogen and oxygen atoms in total. The molecule has 1 unspecified atom stereocenters. The van der Waals surface area contributed by atoms with Crippen LogP contribution in [0.15, 0.2) is 24.3 Å². The Labute approximate surface area is 125 Å². The van der Waals surface area contributed by atoms with Gasteiger partial charge in [0, 0.05) is 17.7 Å². The average Bonchev–Trinajstić information content (AvgIpc) is 2.97. The Morgan fingerprint density at radius 3 is 2.59 bits per heavy atom. The Bertz CT molecular complexity index is 525. The number of benzene rings is 1. The molecule has 0 aliphatic carbocycles. The highest BCUT2D eigenvalue weighted by atomic mass is 16.7. The van der Waals surface area contributed by atoms with E-state index in [0.29, 0.717) is 5.56 Å². The fourth-order valence-electron chi connectivity index (χ4n) is 2.22. The number of nitro groups is 1. The number of nitro benzene ring substituents is 1. The summed E-state index contributed by atoms with van der Waals surface area (Å²) in [5.74, 6) is 0. The highest BCUT2D eigenvalue weighted by Gasteiger charge is 2.43. The molecule has 0 aromatic heterocycles. The Kier molecular flexibility index (Phi) is 5.40. The SMILES string of the molecule is O=[N+]([O-])c1cccc(C2O[C@H]([C@@H](O)[C@@H](O)CO)[C@@H](CO)O2)c1. The lowest BCUT2D eigenvalue weighted by Gasteiger charge is -2.23. The van der Waals surface area contributed by atoms with Crippen LogP contribution in [0, 0.1) is 10.1 Å². The molecular formula is C13H17NO8. The van der Waals surface area contributed by atoms with Gasteiger partial charge in [-0.25, -0.2) is 0 Å². The van der Waals surface area contributed by atoms with Crippen LogP contribution in [0.25, 0.3) is 0 Å². The first-order chi connectivity index (χ1) is 10.5. The van der Waals surface area contributed by atoms with Gasteiger partial charge in [-0.2, -0.15) is 0 Å². The van der Waals surface area contributed by atoms with Crippen LogP contribution in [0.1, 0.15) is 11.9 Å². The summed E-state index contributed by atoms with van der Waals surface area (Å²) in [5.41, 5.74) is 0.200. The molecule has 1 aliphatic heterocycles. The molecular weight excluding hydrogens is 298 g/mol. The monoisotopic (exact) mass is 315 g/mol. The first kappa shape index (κ1) is 16.7. The van der Waals surface area contributed by atoms with Crippen molar-refractivity contribution in [2.24, 2.45) is 0 Å². The van der Waals surface area contributed by atoms with Gasteiger partial charge in [0.2, 0.25) is 0 Å². The lowest BCUT2D eigenvalue weighted by atomic mass is 10.0. The summed E-state index contributed by atoms with van der Waals surface area (Å²) < 4.78 is 10.9. The maximum Gasteiger partial charge on any atom is 0.269 e. The lowest BCUT2D eigenvalue weighted by molar-refractivity contribution is -0.385. The summed E-state index contributed by atoms with van der Waals surface area (Å²) >= 11 is 0. The van der Waals surface area contributed by atoms with Crippen molar-refractivity contribution in [3.63, 3.8) is 0 Å². The van der Waals surface area contributed by atoms with Gasteiger partial charge in [-0.3, -0.25) is 10.1 Å². The minimum atomic E-state index is -1.47. The van der Waals surface area contributed by atoms with Crippen molar-refractivity contribution in [1.29, 1.82) is 0 Å². The topological polar surface area (TPSA) is 143 Å². The molecule has 122 valence electrons. The molecule has 1 fully saturated rings. The van der Waals surface area contributed by atoms with Crippen LogP contribution < -0.4 is 0 Å². The molecule has 0 radical (unpaired) electrons. The molecule has 0 saturated carbocycles. The Hall–Kier alpha value is -1.62. The van der Waals surface area contributed by atoms with E-state index >= 15 is 0 Å². The van der Waals surface area contributed by atoms with Crippen LogP contribution in [-0.4, -0.2) is 63.0 Å². The van der Waals surface area contributed by atoms with Crippen LogP contribution in [0.5, 0.6) is 0 Å². The van der Waals surface area contributed by atoms with Crippen LogP contribution >= 0.6 is 0 Å². The molecule has 4 N–H and O–H groups in total. The van der Waals surface area contributed by atoms with Crippen molar-refractivity contribution in [1.82, 2.24) is 0 Å². The summed E-state index contributed by atoms with van der Waals surface area (Å²) in [6.07, 6.45) is -5.95. The normalized spacial score (nSPS) is 27.5. The molecule has 1 aromatic carbocycles. The summed E-state index contributed by atoms with van der Waals surface area (Å²) in [6.45, 7) is -1.16. The van der Waals surface area contributed by atoms with Crippen LogP contribution in [0.2, 0.25) is 0 Å². The van der Waals surface area contributed by atoms with Gasteiger partial charge in [-0.05, 0) is 0 Å². The molecule has 1 aromatic rings. The molecule has 1 saturated heterocycles. The first-order valence-electron chi connectivity index (χ1n) is 6.61. The number of ether oxygens (including phenoxy) is 2. The van der Waals surface area contributed by atoms with Crippen LogP contribution in [-0.2, 0) is 9.47 Å². The fourth-order valence-corrected chi connectivity index (χ4v) is 2.22. The third-order valence-corrected chi connectivity index (χ3v) is 3.40. The van der Waals surface area contributed by atoms with Crippen molar-refractivity contribution in [3.8, 4) is 0 Å². The van der Waals surface area contributed by atoms with Crippen molar-refractivity contribution < 1.29 is 34.8 Å². The van der Waals surface area contributed by atoms with Gasteiger partial charge in [0.05, 0.1) is 18.1 Å². The van der Waals surface area contributed by atoms with Gasteiger partial charge in [0.25, 0.3) is 5.69 Å². The Balaban J connectivity index is 2.18. The maximum absolute atomic E-state index is 10.8. The summed E-state index contributed by atoms with van der Waals surface area (Å²) in [5, 5.41) is 48.3. The largest absolute Gasteiger partial charge is 0.394 e. The zero-order chi connectivity index (χ0) is 16.3. The second-order valence-corrected chi connectivity index (χ2v) is 4.88. The number of rotatable bonds is 6. The van der Waals surface area contributed by atoms with E-state index in [1.54, 1.807) is 6.07 Å². The summed E-state index contributed by atoms with van der Waals surface area (Å²) in [7, 11) is 0. The zero-order valence-electron chi connectivity index (χ0n) is 11.5. The van der Waals surface area contributed by atoms with Crippen molar-refractivity contribution >= 4 is 5.69 Å². The van der Waals surface area contributed by atoms with Gasteiger partial charge in [0.1, 0.15) is 24.4 Å². The predicted octanol–water partition coefficient (Wildman–Crippen LogP) is -0.916. The van der Waals surface area contributed by atoms with Crippen molar-refractivity contribution in [2.75, 3.05) is 13.2 Å². The first-order valence-corrected chi connectivity index (χ1v) is 6.61. The summed E-state index contributed by atoms with van der Waals surface area (Å²) in [6, 6.07) is 5.57. The van der Waals surface area contributed by atoms with E-state index in [4.69, 9.17) is 14.6 Å². The molecule has 9 heteroatoms. The molecule has 0 amide bonds. The molecule has 22 heavy (non-hydrogen) atoms.